The smallest absolute Gasteiger partial charge is 0.261 e. The van der Waals surface area contributed by atoms with Crippen molar-refractivity contribution in [2.75, 3.05) is 10.0 Å². The van der Waals surface area contributed by atoms with Crippen molar-refractivity contribution in [3.05, 3.63) is 71.7 Å². The van der Waals surface area contributed by atoms with Gasteiger partial charge in [-0.1, -0.05) is 17.3 Å². The first-order chi connectivity index (χ1) is 12.3. The molecule has 9 heteroatoms. The maximum Gasteiger partial charge on any atom is 0.261 e. The molecule has 0 aliphatic rings. The summed E-state index contributed by atoms with van der Waals surface area (Å²) in [6, 6.07) is 12.0. The molecule has 3 rings (SSSR count). The Morgan fingerprint density at radius 1 is 1.12 bits per heavy atom. The highest BCUT2D eigenvalue weighted by Crippen LogP contribution is 2.18. The van der Waals surface area contributed by atoms with Crippen LogP contribution < -0.4 is 10.0 Å². The van der Waals surface area contributed by atoms with Crippen LogP contribution in [0.3, 0.4) is 0 Å². The fourth-order valence-corrected chi connectivity index (χ4v) is 3.28. The minimum atomic E-state index is -3.99. The first kappa shape index (κ1) is 17.6. The summed E-state index contributed by atoms with van der Waals surface area (Å²) in [5, 5.41) is 6.15. The van der Waals surface area contributed by atoms with Crippen LogP contribution in [-0.4, -0.2) is 19.5 Å². The fourth-order valence-electron chi connectivity index (χ4n) is 2.18. The zero-order valence-electron chi connectivity index (χ0n) is 13.6. The third-order valence-electron chi connectivity index (χ3n) is 3.35. The van der Waals surface area contributed by atoms with E-state index < -0.39 is 21.7 Å². The van der Waals surface area contributed by atoms with E-state index in [2.05, 4.69) is 15.2 Å². The summed E-state index contributed by atoms with van der Waals surface area (Å²) >= 11 is 0. The van der Waals surface area contributed by atoms with Gasteiger partial charge in [0.2, 0.25) is 0 Å². The van der Waals surface area contributed by atoms with Gasteiger partial charge in [0.15, 0.2) is 5.82 Å². The van der Waals surface area contributed by atoms with Crippen molar-refractivity contribution in [1.29, 1.82) is 0 Å². The fraction of sp³-hybridized carbons (Fsp3) is 0.0588. The molecule has 0 spiro atoms. The zero-order valence-corrected chi connectivity index (χ0v) is 14.4. The number of benzene rings is 2. The van der Waals surface area contributed by atoms with Gasteiger partial charge >= 0.3 is 0 Å². The Bertz CT molecular complexity index is 1060. The summed E-state index contributed by atoms with van der Waals surface area (Å²) < 4.78 is 45.3. The van der Waals surface area contributed by atoms with Crippen LogP contribution in [0, 0.1) is 12.7 Å². The molecule has 1 heterocycles. The maximum atomic E-state index is 13.2. The summed E-state index contributed by atoms with van der Waals surface area (Å²) in [7, 11) is -3.99. The van der Waals surface area contributed by atoms with Crippen molar-refractivity contribution in [3.8, 4) is 0 Å². The number of aromatic nitrogens is 1. The van der Waals surface area contributed by atoms with Crippen molar-refractivity contribution in [2.45, 2.75) is 11.8 Å². The SMILES string of the molecule is Cc1cc(NC(=O)c2cccc(S(=O)(=O)Nc3cccc(F)c3)c2)no1. The van der Waals surface area contributed by atoms with E-state index in [1.165, 1.54) is 48.5 Å². The predicted molar refractivity (Wildman–Crippen MR) is 92.8 cm³/mol. The molecule has 1 aromatic heterocycles. The Kier molecular flexibility index (Phi) is 4.72. The second kappa shape index (κ2) is 6.96. The molecular formula is C17H14FN3O4S. The number of anilines is 2. The van der Waals surface area contributed by atoms with Crippen LogP contribution in [-0.2, 0) is 10.0 Å². The standard InChI is InChI=1S/C17H14FN3O4S/c1-11-8-16(20-25-11)19-17(22)12-4-2-7-15(9-12)26(23,24)21-14-6-3-5-13(18)10-14/h2-10,21H,1H3,(H,19,20,22). The molecule has 0 aliphatic carbocycles. The molecule has 0 saturated carbocycles. The molecule has 0 fully saturated rings. The van der Waals surface area contributed by atoms with Gasteiger partial charge in [-0.2, -0.15) is 0 Å². The van der Waals surface area contributed by atoms with E-state index in [1.54, 1.807) is 6.92 Å². The highest BCUT2D eigenvalue weighted by Gasteiger charge is 2.17. The zero-order chi connectivity index (χ0) is 18.7. The Labute approximate surface area is 148 Å². The van der Waals surface area contributed by atoms with Crippen molar-refractivity contribution >= 4 is 27.4 Å². The second-order valence-electron chi connectivity index (χ2n) is 5.42. The molecule has 7 nitrogen and oxygen atoms in total. The lowest BCUT2D eigenvalue weighted by Gasteiger charge is -2.09. The van der Waals surface area contributed by atoms with Crippen LogP contribution in [0.5, 0.6) is 0 Å². The van der Waals surface area contributed by atoms with E-state index >= 15 is 0 Å². The lowest BCUT2D eigenvalue weighted by Crippen LogP contribution is -2.16. The highest BCUT2D eigenvalue weighted by molar-refractivity contribution is 7.92. The molecule has 2 aromatic carbocycles. The molecule has 0 unspecified atom stereocenters. The molecule has 0 atom stereocenters. The number of nitrogens with zero attached hydrogens (tertiary/aromatic N) is 1. The lowest BCUT2D eigenvalue weighted by atomic mass is 10.2. The molecule has 26 heavy (non-hydrogen) atoms. The summed E-state index contributed by atoms with van der Waals surface area (Å²) in [5.74, 6) is -0.364. The highest BCUT2D eigenvalue weighted by atomic mass is 32.2. The van der Waals surface area contributed by atoms with Crippen LogP contribution >= 0.6 is 0 Å². The topological polar surface area (TPSA) is 101 Å². The van der Waals surface area contributed by atoms with Gasteiger partial charge in [0.1, 0.15) is 11.6 Å². The molecule has 0 saturated heterocycles. The molecule has 0 bridgehead atoms. The molecule has 1 amide bonds. The van der Waals surface area contributed by atoms with Gasteiger partial charge in [0.25, 0.3) is 15.9 Å². The third-order valence-corrected chi connectivity index (χ3v) is 4.73. The Morgan fingerprint density at radius 2 is 1.88 bits per heavy atom. The minimum absolute atomic E-state index is 0.0814. The Morgan fingerprint density at radius 3 is 2.58 bits per heavy atom. The van der Waals surface area contributed by atoms with E-state index in [1.807, 2.05) is 0 Å². The number of hydrogen-bond donors (Lipinski definition) is 2. The molecule has 2 N–H and O–H groups in total. The van der Waals surface area contributed by atoms with E-state index in [4.69, 9.17) is 4.52 Å². The van der Waals surface area contributed by atoms with Crippen LogP contribution in [0.25, 0.3) is 0 Å². The molecule has 134 valence electrons. The predicted octanol–water partition coefficient (Wildman–Crippen LogP) is 3.18. The van der Waals surface area contributed by atoms with Crippen LogP contribution in [0.4, 0.5) is 15.9 Å². The quantitative estimate of drug-likeness (QED) is 0.713. The van der Waals surface area contributed by atoms with Gasteiger partial charge in [0.05, 0.1) is 10.6 Å². The number of rotatable bonds is 5. The van der Waals surface area contributed by atoms with Gasteiger partial charge in [-0.25, -0.2) is 12.8 Å². The van der Waals surface area contributed by atoms with Crippen LogP contribution in [0.2, 0.25) is 0 Å². The Balaban J connectivity index is 1.82. The molecule has 0 radical (unpaired) electrons. The van der Waals surface area contributed by atoms with Crippen molar-refractivity contribution < 1.29 is 22.1 Å². The van der Waals surface area contributed by atoms with E-state index in [9.17, 15) is 17.6 Å². The van der Waals surface area contributed by atoms with Gasteiger partial charge in [0, 0.05) is 11.6 Å². The van der Waals surface area contributed by atoms with E-state index in [0.717, 1.165) is 6.07 Å². The number of nitrogens with one attached hydrogen (secondary N) is 2. The number of carbonyl (C=O) groups is 1. The number of halogens is 1. The number of carbonyl (C=O) groups excluding carboxylic acids is 1. The van der Waals surface area contributed by atoms with Gasteiger partial charge in [-0.15, -0.1) is 0 Å². The first-order valence-corrected chi connectivity index (χ1v) is 8.95. The molecule has 3 aromatic rings. The van der Waals surface area contributed by atoms with Crippen LogP contribution in [0.1, 0.15) is 16.1 Å². The van der Waals surface area contributed by atoms with Crippen molar-refractivity contribution in [3.63, 3.8) is 0 Å². The largest absolute Gasteiger partial charge is 0.360 e. The van der Waals surface area contributed by atoms with Gasteiger partial charge < -0.3 is 9.84 Å². The summed E-state index contributed by atoms with van der Waals surface area (Å²) in [5.41, 5.74) is 0.200. The minimum Gasteiger partial charge on any atom is -0.360 e. The van der Waals surface area contributed by atoms with Gasteiger partial charge in [-0.05, 0) is 43.3 Å². The third kappa shape index (κ3) is 4.06. The summed E-state index contributed by atoms with van der Waals surface area (Å²) in [6.07, 6.45) is 0. The van der Waals surface area contributed by atoms with E-state index in [0.29, 0.717) is 5.76 Å². The van der Waals surface area contributed by atoms with Crippen LogP contribution in [0.15, 0.2) is 64.0 Å². The van der Waals surface area contributed by atoms with Crippen molar-refractivity contribution in [1.82, 2.24) is 5.16 Å². The number of sulfonamides is 1. The number of amides is 1. The lowest BCUT2D eigenvalue weighted by molar-refractivity contribution is 0.102. The second-order valence-corrected chi connectivity index (χ2v) is 7.10. The average Bonchev–Trinajstić information content (AvgIpc) is 2.99. The summed E-state index contributed by atoms with van der Waals surface area (Å²) in [6.45, 7) is 1.67. The Hall–Kier alpha value is -3.20. The average molecular weight is 375 g/mol. The normalized spacial score (nSPS) is 11.2. The monoisotopic (exact) mass is 375 g/mol. The molecular weight excluding hydrogens is 361 g/mol. The van der Waals surface area contributed by atoms with Crippen molar-refractivity contribution in [2.24, 2.45) is 0 Å². The molecule has 0 aliphatic heterocycles. The maximum absolute atomic E-state index is 13.2. The summed E-state index contributed by atoms with van der Waals surface area (Å²) in [4.78, 5) is 12.1. The first-order valence-electron chi connectivity index (χ1n) is 7.47. The number of aryl methyl sites for hydroxylation is 1. The van der Waals surface area contributed by atoms with Gasteiger partial charge in [-0.3, -0.25) is 9.52 Å². The van der Waals surface area contributed by atoms with E-state index in [-0.39, 0.29) is 22.0 Å². The number of hydrogen-bond acceptors (Lipinski definition) is 5.